The maximum absolute atomic E-state index is 11.6. The number of nitriles is 1. The van der Waals surface area contributed by atoms with Gasteiger partial charge in [-0.2, -0.15) is 5.26 Å². The number of anilines is 1. The van der Waals surface area contributed by atoms with Crippen molar-refractivity contribution in [2.24, 2.45) is 11.3 Å². The molecule has 22 heavy (non-hydrogen) atoms. The van der Waals surface area contributed by atoms with E-state index >= 15 is 0 Å². The summed E-state index contributed by atoms with van der Waals surface area (Å²) in [5.74, 6) is -1.16. The molecule has 1 aliphatic heterocycles. The number of hydrogen-bond donors (Lipinski definition) is 1. The van der Waals surface area contributed by atoms with Gasteiger partial charge in [-0.15, -0.1) is 0 Å². The monoisotopic (exact) mass is 320 g/mol. The first kappa shape index (κ1) is 16.6. The normalized spacial score (nSPS) is 25.0. The van der Waals surface area contributed by atoms with Crippen LogP contribution in [0.4, 0.5) is 5.69 Å². The van der Waals surface area contributed by atoms with Gasteiger partial charge >= 0.3 is 5.97 Å². The van der Waals surface area contributed by atoms with Crippen LogP contribution in [-0.2, 0) is 4.79 Å². The molecule has 1 heterocycles. The zero-order valence-electron chi connectivity index (χ0n) is 13.1. The number of benzene rings is 1. The van der Waals surface area contributed by atoms with E-state index in [1.54, 1.807) is 12.1 Å². The zero-order valence-corrected chi connectivity index (χ0v) is 13.8. The smallest absolute Gasteiger partial charge is 0.326 e. The van der Waals surface area contributed by atoms with E-state index in [0.29, 0.717) is 11.4 Å². The number of rotatable bonds is 3. The molecular formula is C17H21ClN2O2. The van der Waals surface area contributed by atoms with Crippen molar-refractivity contribution in [3.05, 3.63) is 29.3 Å². The van der Waals surface area contributed by atoms with Crippen LogP contribution >= 0.6 is 11.6 Å². The molecular weight excluding hydrogens is 300 g/mol. The minimum Gasteiger partial charge on any atom is -0.480 e. The summed E-state index contributed by atoms with van der Waals surface area (Å²) in [7, 11) is 0. The van der Waals surface area contributed by atoms with Crippen LogP contribution in [-0.4, -0.2) is 23.2 Å². The Balaban J connectivity index is 2.43. The lowest BCUT2D eigenvalue weighted by molar-refractivity contribution is -0.138. The Kier molecular flexibility index (Phi) is 4.67. The van der Waals surface area contributed by atoms with Gasteiger partial charge in [0, 0.05) is 16.8 Å². The van der Waals surface area contributed by atoms with E-state index in [1.807, 2.05) is 17.0 Å². The third-order valence-corrected chi connectivity index (χ3v) is 4.28. The standard InChI is InChI=1S/C17H21ClN2O2/c1-17(2,3)9-15-11(10-19)8-14(16(21)22)20(15)13-6-4-12(18)5-7-13/h4-7,11,14-15H,8-9H2,1-3H3,(H,21,22). The summed E-state index contributed by atoms with van der Waals surface area (Å²) < 4.78 is 0. The van der Waals surface area contributed by atoms with Crippen LogP contribution in [0, 0.1) is 22.7 Å². The highest BCUT2D eigenvalue weighted by atomic mass is 35.5. The van der Waals surface area contributed by atoms with Gasteiger partial charge in [0.15, 0.2) is 0 Å². The van der Waals surface area contributed by atoms with E-state index in [-0.39, 0.29) is 17.4 Å². The van der Waals surface area contributed by atoms with E-state index in [0.717, 1.165) is 12.1 Å². The summed E-state index contributed by atoms with van der Waals surface area (Å²) in [6, 6.07) is 8.69. The molecule has 5 heteroatoms. The number of nitrogens with zero attached hydrogens (tertiary/aromatic N) is 2. The number of halogens is 1. The lowest BCUT2D eigenvalue weighted by Crippen LogP contribution is -2.43. The van der Waals surface area contributed by atoms with E-state index in [2.05, 4.69) is 26.8 Å². The van der Waals surface area contributed by atoms with Gasteiger partial charge < -0.3 is 10.0 Å². The number of aliphatic carboxylic acids is 1. The third kappa shape index (κ3) is 3.53. The maximum atomic E-state index is 11.6. The summed E-state index contributed by atoms with van der Waals surface area (Å²) in [4.78, 5) is 13.5. The first-order valence-electron chi connectivity index (χ1n) is 7.39. The molecule has 0 aromatic heterocycles. The molecule has 4 nitrogen and oxygen atoms in total. The Morgan fingerprint density at radius 1 is 1.41 bits per heavy atom. The predicted molar refractivity (Wildman–Crippen MR) is 86.9 cm³/mol. The molecule has 1 aromatic carbocycles. The van der Waals surface area contributed by atoms with Gasteiger partial charge in [-0.3, -0.25) is 0 Å². The van der Waals surface area contributed by atoms with Gasteiger partial charge in [0.1, 0.15) is 6.04 Å². The van der Waals surface area contributed by atoms with E-state index in [9.17, 15) is 15.2 Å². The van der Waals surface area contributed by atoms with Crippen molar-refractivity contribution < 1.29 is 9.90 Å². The average Bonchev–Trinajstić information content (AvgIpc) is 2.76. The van der Waals surface area contributed by atoms with Gasteiger partial charge in [-0.05, 0) is 42.5 Å². The van der Waals surface area contributed by atoms with Gasteiger partial charge in [0.05, 0.1) is 12.0 Å². The second kappa shape index (κ2) is 6.18. The maximum Gasteiger partial charge on any atom is 0.326 e. The fraction of sp³-hybridized carbons (Fsp3) is 0.529. The summed E-state index contributed by atoms with van der Waals surface area (Å²) in [6.07, 6.45) is 1.12. The molecule has 1 aromatic rings. The second-order valence-corrected chi connectivity index (χ2v) is 7.48. The number of carboxylic acids is 1. The van der Waals surface area contributed by atoms with Crippen molar-refractivity contribution in [1.82, 2.24) is 0 Å². The van der Waals surface area contributed by atoms with Crippen molar-refractivity contribution in [3.8, 4) is 6.07 Å². The van der Waals surface area contributed by atoms with Crippen molar-refractivity contribution in [3.63, 3.8) is 0 Å². The van der Waals surface area contributed by atoms with E-state index in [1.165, 1.54) is 0 Å². The van der Waals surface area contributed by atoms with Gasteiger partial charge in [0.2, 0.25) is 0 Å². The molecule has 1 aliphatic rings. The molecule has 0 radical (unpaired) electrons. The number of hydrogen-bond acceptors (Lipinski definition) is 3. The lowest BCUT2D eigenvalue weighted by atomic mass is 9.83. The first-order chi connectivity index (χ1) is 10.2. The number of carbonyl (C=O) groups is 1. The Morgan fingerprint density at radius 2 is 2.00 bits per heavy atom. The largest absolute Gasteiger partial charge is 0.480 e. The number of carboxylic acid groups (broad SMARTS) is 1. The van der Waals surface area contributed by atoms with Crippen molar-refractivity contribution >= 4 is 23.3 Å². The first-order valence-corrected chi connectivity index (χ1v) is 7.77. The molecule has 0 spiro atoms. The highest BCUT2D eigenvalue weighted by Crippen LogP contribution is 2.40. The zero-order chi connectivity index (χ0) is 16.5. The Morgan fingerprint density at radius 3 is 2.45 bits per heavy atom. The Hall–Kier alpha value is -1.73. The second-order valence-electron chi connectivity index (χ2n) is 7.04. The molecule has 2 rings (SSSR count). The molecule has 3 atom stereocenters. The summed E-state index contributed by atoms with van der Waals surface area (Å²) in [6.45, 7) is 6.32. The highest BCUT2D eigenvalue weighted by molar-refractivity contribution is 6.30. The minimum absolute atomic E-state index is 0.0117. The van der Waals surface area contributed by atoms with Gasteiger partial charge in [-0.1, -0.05) is 32.4 Å². The molecule has 1 saturated heterocycles. The van der Waals surface area contributed by atoms with Gasteiger partial charge in [-0.25, -0.2) is 4.79 Å². The molecule has 0 amide bonds. The van der Waals surface area contributed by atoms with Crippen molar-refractivity contribution in [1.29, 1.82) is 5.26 Å². The van der Waals surface area contributed by atoms with Crippen LogP contribution in [0.3, 0.4) is 0 Å². The SMILES string of the molecule is CC(C)(C)CC1C(C#N)CC(C(=O)O)N1c1ccc(Cl)cc1. The molecule has 0 bridgehead atoms. The van der Waals surface area contributed by atoms with Gasteiger partial charge in [0.25, 0.3) is 0 Å². The van der Waals surface area contributed by atoms with Crippen LogP contribution in [0.15, 0.2) is 24.3 Å². The third-order valence-electron chi connectivity index (χ3n) is 4.03. The lowest BCUT2D eigenvalue weighted by Gasteiger charge is -2.35. The average molecular weight is 321 g/mol. The molecule has 118 valence electrons. The fourth-order valence-electron chi connectivity index (χ4n) is 3.15. The minimum atomic E-state index is -0.883. The summed E-state index contributed by atoms with van der Waals surface area (Å²) >= 11 is 5.93. The quantitative estimate of drug-likeness (QED) is 0.916. The topological polar surface area (TPSA) is 64.3 Å². The molecule has 3 unspecified atom stereocenters. The van der Waals surface area contributed by atoms with Crippen molar-refractivity contribution in [2.75, 3.05) is 4.90 Å². The van der Waals surface area contributed by atoms with Crippen LogP contribution < -0.4 is 4.90 Å². The molecule has 0 saturated carbocycles. The Labute approximate surface area is 136 Å². The Bertz CT molecular complexity index is 586. The van der Waals surface area contributed by atoms with Crippen LogP contribution in [0.1, 0.15) is 33.6 Å². The van der Waals surface area contributed by atoms with E-state index < -0.39 is 12.0 Å². The predicted octanol–water partition coefficient (Wildman–Crippen LogP) is 3.95. The van der Waals surface area contributed by atoms with Crippen molar-refractivity contribution in [2.45, 2.75) is 45.7 Å². The van der Waals surface area contributed by atoms with Crippen LogP contribution in [0.25, 0.3) is 0 Å². The van der Waals surface area contributed by atoms with Crippen LogP contribution in [0.5, 0.6) is 0 Å². The summed E-state index contributed by atoms with van der Waals surface area (Å²) in [5, 5.41) is 19.6. The summed E-state index contributed by atoms with van der Waals surface area (Å²) in [5.41, 5.74) is 0.821. The van der Waals surface area contributed by atoms with Crippen LogP contribution in [0.2, 0.25) is 5.02 Å². The highest BCUT2D eigenvalue weighted by Gasteiger charge is 2.46. The molecule has 1 fully saturated rings. The van der Waals surface area contributed by atoms with E-state index in [4.69, 9.17) is 11.6 Å². The molecule has 0 aliphatic carbocycles. The fourth-order valence-corrected chi connectivity index (χ4v) is 3.27. The molecule has 1 N–H and O–H groups in total.